The molecule has 2 heterocycles. The zero-order chi connectivity index (χ0) is 24.2. The van der Waals surface area contributed by atoms with E-state index in [0.717, 1.165) is 34.1 Å². The van der Waals surface area contributed by atoms with Gasteiger partial charge in [0.05, 0.1) is 27.7 Å². The number of benzene rings is 2. The summed E-state index contributed by atoms with van der Waals surface area (Å²) in [4.78, 5) is 15.2. The van der Waals surface area contributed by atoms with Gasteiger partial charge in [-0.3, -0.25) is 9.69 Å². The van der Waals surface area contributed by atoms with Crippen molar-refractivity contribution in [2.75, 3.05) is 19.8 Å². The van der Waals surface area contributed by atoms with E-state index in [1.165, 1.54) is 11.8 Å². The van der Waals surface area contributed by atoms with Crippen LogP contribution >= 0.6 is 69.8 Å². The molecule has 180 valence electrons. The van der Waals surface area contributed by atoms with Gasteiger partial charge in [-0.1, -0.05) is 53.2 Å². The third-order valence-electron chi connectivity index (χ3n) is 5.30. The van der Waals surface area contributed by atoms with Crippen molar-refractivity contribution in [1.29, 1.82) is 0 Å². The molecule has 2 fully saturated rings. The minimum absolute atomic E-state index is 0.0536. The van der Waals surface area contributed by atoms with Gasteiger partial charge in [0.25, 0.3) is 5.91 Å². The van der Waals surface area contributed by atoms with Crippen LogP contribution in [0.5, 0.6) is 11.5 Å². The third kappa shape index (κ3) is 6.20. The van der Waals surface area contributed by atoms with Crippen molar-refractivity contribution >= 4 is 86.1 Å². The van der Waals surface area contributed by atoms with Crippen molar-refractivity contribution in [2.45, 2.75) is 32.5 Å². The molecule has 10 heteroatoms. The molecule has 0 radical (unpaired) electrons. The van der Waals surface area contributed by atoms with Crippen LogP contribution in [-0.4, -0.2) is 41.0 Å². The molecule has 0 aliphatic carbocycles. The van der Waals surface area contributed by atoms with Crippen LogP contribution < -0.4 is 9.47 Å². The molecule has 1 amide bonds. The fourth-order valence-corrected chi connectivity index (χ4v) is 6.18. The Morgan fingerprint density at radius 2 is 2.12 bits per heavy atom. The van der Waals surface area contributed by atoms with Crippen molar-refractivity contribution in [1.82, 2.24) is 4.90 Å². The first kappa shape index (κ1) is 26.0. The molecule has 1 atom stereocenters. The lowest BCUT2D eigenvalue weighted by atomic mass is 10.1. The van der Waals surface area contributed by atoms with E-state index in [9.17, 15) is 4.79 Å². The van der Waals surface area contributed by atoms with Gasteiger partial charge in [0.2, 0.25) is 0 Å². The van der Waals surface area contributed by atoms with Crippen LogP contribution in [0.25, 0.3) is 6.08 Å². The monoisotopic (exact) mass is 649 g/mol. The molecule has 0 spiro atoms. The Hall–Kier alpha value is -1.04. The van der Waals surface area contributed by atoms with Gasteiger partial charge in [-0.15, -0.1) is 0 Å². The summed E-state index contributed by atoms with van der Waals surface area (Å²) in [6.07, 6.45) is 3.87. The average molecular weight is 650 g/mol. The molecule has 0 N–H and O–H groups in total. The number of hydrogen-bond acceptors (Lipinski definition) is 6. The summed E-state index contributed by atoms with van der Waals surface area (Å²) >= 11 is 21.3. The molecular formula is C24H22Cl2INO4S2. The molecule has 2 aliphatic heterocycles. The normalized spacial score (nSPS) is 19.4. The topological polar surface area (TPSA) is 48.0 Å². The van der Waals surface area contributed by atoms with Gasteiger partial charge in [-0.05, 0) is 78.3 Å². The number of rotatable bonds is 8. The summed E-state index contributed by atoms with van der Waals surface area (Å²) in [5.74, 6) is 1.13. The van der Waals surface area contributed by atoms with Gasteiger partial charge in [0.1, 0.15) is 10.9 Å². The highest BCUT2D eigenvalue weighted by atomic mass is 127. The summed E-state index contributed by atoms with van der Waals surface area (Å²) < 4.78 is 19.0. The van der Waals surface area contributed by atoms with E-state index in [-0.39, 0.29) is 18.6 Å². The molecule has 0 saturated carbocycles. The van der Waals surface area contributed by atoms with Crippen molar-refractivity contribution in [3.05, 3.63) is 60.0 Å². The SMILES string of the molecule is CCOc1cc(/C=C2\SC(=S)N(C[C@@H]3CCCO3)C2=O)cc(I)c1OCc1ccc(Cl)cc1Cl. The van der Waals surface area contributed by atoms with Crippen LogP contribution in [0.3, 0.4) is 0 Å². The molecule has 2 aliphatic rings. The number of hydrogen-bond donors (Lipinski definition) is 0. The zero-order valence-corrected chi connectivity index (χ0v) is 23.6. The standard InChI is InChI=1S/C24H22Cl2INO4S2/c1-2-30-20-9-14(8-19(27)22(20)32-13-15-5-6-16(25)11-18(15)26)10-21-23(29)28(24(33)34-21)12-17-4-3-7-31-17/h5-6,8-11,17H,2-4,7,12-13H2,1H3/b21-10-/t17-/m0/s1. The maximum Gasteiger partial charge on any atom is 0.266 e. The quantitative estimate of drug-likeness (QED) is 0.175. The van der Waals surface area contributed by atoms with Crippen molar-refractivity contribution in [2.24, 2.45) is 0 Å². The van der Waals surface area contributed by atoms with Crippen LogP contribution in [-0.2, 0) is 16.1 Å². The van der Waals surface area contributed by atoms with Gasteiger partial charge in [0.15, 0.2) is 11.5 Å². The van der Waals surface area contributed by atoms with Crippen LogP contribution in [0, 0.1) is 3.57 Å². The molecular weight excluding hydrogens is 628 g/mol. The third-order valence-corrected chi connectivity index (χ3v) is 8.07. The Morgan fingerprint density at radius 3 is 2.82 bits per heavy atom. The second-order valence-corrected chi connectivity index (χ2v) is 11.4. The first-order valence-corrected chi connectivity index (χ1v) is 13.8. The fraction of sp³-hybridized carbons (Fsp3) is 0.333. The largest absolute Gasteiger partial charge is 0.490 e. The second kappa shape index (κ2) is 11.8. The Morgan fingerprint density at radius 1 is 1.29 bits per heavy atom. The molecule has 0 aromatic heterocycles. The van der Waals surface area contributed by atoms with E-state index in [4.69, 9.17) is 49.6 Å². The number of carbonyl (C=O) groups excluding carboxylic acids is 1. The second-order valence-electron chi connectivity index (χ2n) is 7.71. The first-order valence-electron chi connectivity index (χ1n) is 10.8. The average Bonchev–Trinajstić information content (AvgIpc) is 3.39. The lowest BCUT2D eigenvalue weighted by Gasteiger charge is -2.18. The van der Waals surface area contributed by atoms with E-state index in [0.29, 0.717) is 43.9 Å². The van der Waals surface area contributed by atoms with Crippen LogP contribution in [0.1, 0.15) is 30.9 Å². The van der Waals surface area contributed by atoms with Crippen molar-refractivity contribution < 1.29 is 19.0 Å². The van der Waals surface area contributed by atoms with Crippen molar-refractivity contribution in [3.8, 4) is 11.5 Å². The van der Waals surface area contributed by atoms with Gasteiger partial charge in [0, 0.05) is 22.2 Å². The predicted molar refractivity (Wildman–Crippen MR) is 150 cm³/mol. The molecule has 34 heavy (non-hydrogen) atoms. The fourth-order valence-electron chi connectivity index (χ4n) is 3.66. The maximum absolute atomic E-state index is 13.0. The predicted octanol–water partition coefficient (Wildman–Crippen LogP) is 6.96. The van der Waals surface area contributed by atoms with Crippen LogP contribution in [0.2, 0.25) is 10.0 Å². The molecule has 2 aromatic rings. The lowest BCUT2D eigenvalue weighted by molar-refractivity contribution is -0.123. The first-order chi connectivity index (χ1) is 16.4. The maximum atomic E-state index is 13.0. The number of nitrogens with zero attached hydrogens (tertiary/aromatic N) is 1. The van der Waals surface area contributed by atoms with Gasteiger partial charge < -0.3 is 14.2 Å². The van der Waals surface area contributed by atoms with E-state index in [2.05, 4.69) is 22.6 Å². The van der Waals surface area contributed by atoms with Gasteiger partial charge in [-0.2, -0.15) is 0 Å². The molecule has 5 nitrogen and oxygen atoms in total. The number of amides is 1. The Labute approximate surface area is 232 Å². The highest BCUT2D eigenvalue weighted by Gasteiger charge is 2.34. The van der Waals surface area contributed by atoms with Crippen LogP contribution in [0.4, 0.5) is 0 Å². The number of thiocarbonyl (C=S) groups is 1. The Balaban J connectivity index is 1.54. The van der Waals surface area contributed by atoms with Crippen molar-refractivity contribution in [3.63, 3.8) is 0 Å². The zero-order valence-electron chi connectivity index (χ0n) is 18.3. The minimum atomic E-state index is -0.0869. The van der Waals surface area contributed by atoms with Crippen LogP contribution in [0.15, 0.2) is 35.2 Å². The Bertz CT molecular complexity index is 1140. The lowest BCUT2D eigenvalue weighted by Crippen LogP contribution is -2.35. The number of halogens is 3. The minimum Gasteiger partial charge on any atom is -0.490 e. The summed E-state index contributed by atoms with van der Waals surface area (Å²) in [6.45, 7) is 3.90. The van der Waals surface area contributed by atoms with E-state index in [1.807, 2.05) is 31.2 Å². The highest BCUT2D eigenvalue weighted by molar-refractivity contribution is 14.1. The summed E-state index contributed by atoms with van der Waals surface area (Å²) in [5, 5.41) is 1.12. The molecule has 2 aromatic carbocycles. The van der Waals surface area contributed by atoms with E-state index < -0.39 is 0 Å². The number of thioether (sulfide) groups is 1. The van der Waals surface area contributed by atoms with E-state index >= 15 is 0 Å². The van der Waals surface area contributed by atoms with Gasteiger partial charge >= 0.3 is 0 Å². The molecule has 0 unspecified atom stereocenters. The number of carbonyl (C=O) groups is 1. The summed E-state index contributed by atoms with van der Waals surface area (Å²) in [5.41, 5.74) is 1.66. The summed E-state index contributed by atoms with van der Waals surface area (Å²) in [6, 6.07) is 9.13. The molecule has 0 bridgehead atoms. The number of ether oxygens (including phenoxy) is 3. The summed E-state index contributed by atoms with van der Waals surface area (Å²) in [7, 11) is 0. The highest BCUT2D eigenvalue weighted by Crippen LogP contribution is 2.38. The Kier molecular flexibility index (Phi) is 9.03. The molecule has 2 saturated heterocycles. The van der Waals surface area contributed by atoms with Gasteiger partial charge in [-0.25, -0.2) is 0 Å². The smallest absolute Gasteiger partial charge is 0.266 e. The molecule has 4 rings (SSSR count). The van der Waals surface area contributed by atoms with E-state index in [1.54, 1.807) is 17.0 Å².